The molecule has 0 radical (unpaired) electrons. The lowest BCUT2D eigenvalue weighted by Gasteiger charge is -2.30. The maximum Gasteiger partial charge on any atom is 0.224 e. The number of nitrogens with zero attached hydrogens (tertiary/aromatic N) is 1. The Hall–Kier alpha value is -2.72. The smallest absolute Gasteiger partial charge is 0.224 e. The predicted octanol–water partition coefficient (Wildman–Crippen LogP) is 6.09. The summed E-state index contributed by atoms with van der Waals surface area (Å²) in [5, 5.41) is 3.24. The van der Waals surface area contributed by atoms with Crippen LogP contribution in [0.2, 0.25) is 0 Å². The first kappa shape index (κ1) is 26.3. The van der Waals surface area contributed by atoms with Gasteiger partial charge < -0.3 is 10.2 Å². The van der Waals surface area contributed by atoms with E-state index in [4.69, 9.17) is 0 Å². The van der Waals surface area contributed by atoms with Gasteiger partial charge in [-0.05, 0) is 80.2 Å². The molecule has 1 N–H and O–H groups in total. The van der Waals surface area contributed by atoms with Crippen molar-refractivity contribution in [3.05, 3.63) is 76.9 Å². The van der Waals surface area contributed by atoms with E-state index in [1.165, 1.54) is 30.4 Å². The zero-order valence-electron chi connectivity index (χ0n) is 22.0. The Bertz CT molecular complexity index is 1040. The van der Waals surface area contributed by atoms with Crippen molar-refractivity contribution in [2.24, 2.45) is 11.8 Å². The highest BCUT2D eigenvalue weighted by Crippen LogP contribution is 2.28. The number of carbonyl (C=O) groups is 2. The van der Waals surface area contributed by atoms with Crippen molar-refractivity contribution in [3.63, 3.8) is 0 Å². The molecule has 2 aliphatic rings. The van der Waals surface area contributed by atoms with E-state index in [-0.39, 0.29) is 17.6 Å². The fraction of sp³-hybridized carbons (Fsp3) is 0.500. The highest BCUT2D eigenvalue weighted by atomic mass is 16.1. The zero-order chi connectivity index (χ0) is 25.3. The van der Waals surface area contributed by atoms with Crippen LogP contribution in [0.4, 0.5) is 0 Å². The number of benzene rings is 2. The molecule has 1 heterocycles. The van der Waals surface area contributed by atoms with Crippen molar-refractivity contribution in [2.75, 3.05) is 19.6 Å². The van der Waals surface area contributed by atoms with E-state index < -0.39 is 0 Å². The molecule has 4 nitrogen and oxygen atoms in total. The van der Waals surface area contributed by atoms with Crippen molar-refractivity contribution < 1.29 is 9.59 Å². The largest absolute Gasteiger partial charge is 0.353 e. The van der Waals surface area contributed by atoms with Gasteiger partial charge in [0.15, 0.2) is 5.78 Å². The highest BCUT2D eigenvalue weighted by Gasteiger charge is 2.23. The Morgan fingerprint density at radius 2 is 1.69 bits per heavy atom. The Balaban J connectivity index is 1.15. The number of amides is 1. The van der Waals surface area contributed by atoms with Crippen LogP contribution in [0.15, 0.2) is 54.6 Å². The summed E-state index contributed by atoms with van der Waals surface area (Å²) in [6, 6.07) is 16.8. The average Bonchev–Trinajstić information content (AvgIpc) is 3.10. The Morgan fingerprint density at radius 1 is 0.972 bits per heavy atom. The van der Waals surface area contributed by atoms with Gasteiger partial charge in [-0.3, -0.25) is 9.59 Å². The molecule has 2 aromatic carbocycles. The summed E-state index contributed by atoms with van der Waals surface area (Å²) in [6.07, 6.45) is 12.4. The number of rotatable bonds is 9. The van der Waals surface area contributed by atoms with Crippen LogP contribution in [0.3, 0.4) is 0 Å². The van der Waals surface area contributed by atoms with Crippen LogP contribution in [0.5, 0.6) is 0 Å². The van der Waals surface area contributed by atoms with E-state index in [9.17, 15) is 9.59 Å². The van der Waals surface area contributed by atoms with E-state index in [1.807, 2.05) is 62.4 Å². The SMILES string of the molecule is CC(C)C(=O)c1ccc2c(c1)CCN(CCC1CCC(NC(=O)CC=Cc3ccccc3)CC1)CC2. The van der Waals surface area contributed by atoms with E-state index in [2.05, 4.69) is 22.3 Å². The molecular weight excluding hydrogens is 444 g/mol. The Morgan fingerprint density at radius 3 is 2.42 bits per heavy atom. The standard InChI is InChI=1S/C32H42N2O2/c1-24(2)32(36)29-14-13-27-18-21-34(22-19-28(27)23-29)20-17-26-11-15-30(16-12-26)33-31(35)10-6-9-25-7-4-3-5-8-25/h3-9,13-14,23-24,26,30H,10-12,15-22H2,1-2H3,(H,33,35). The van der Waals surface area contributed by atoms with Gasteiger partial charge in [-0.15, -0.1) is 0 Å². The molecule has 0 saturated heterocycles. The number of nitrogens with one attached hydrogen (secondary N) is 1. The lowest BCUT2D eigenvalue weighted by molar-refractivity contribution is -0.121. The van der Waals surface area contributed by atoms with Crippen molar-refractivity contribution in [2.45, 2.75) is 71.3 Å². The van der Waals surface area contributed by atoms with Crippen molar-refractivity contribution in [1.82, 2.24) is 10.2 Å². The minimum atomic E-state index is 0.0465. The molecule has 2 aromatic rings. The Kier molecular flexibility index (Phi) is 9.52. The van der Waals surface area contributed by atoms with Gasteiger partial charge in [0.2, 0.25) is 5.91 Å². The van der Waals surface area contributed by atoms with Crippen LogP contribution >= 0.6 is 0 Å². The van der Waals surface area contributed by atoms with Crippen LogP contribution < -0.4 is 5.32 Å². The molecule has 36 heavy (non-hydrogen) atoms. The third kappa shape index (κ3) is 7.64. The normalized spacial score (nSPS) is 20.8. The summed E-state index contributed by atoms with van der Waals surface area (Å²) in [4.78, 5) is 27.4. The summed E-state index contributed by atoms with van der Waals surface area (Å²) in [6.45, 7) is 7.28. The van der Waals surface area contributed by atoms with Gasteiger partial charge in [-0.2, -0.15) is 0 Å². The first-order valence-electron chi connectivity index (χ1n) is 13.9. The third-order valence-electron chi connectivity index (χ3n) is 7.89. The van der Waals surface area contributed by atoms with Gasteiger partial charge in [0, 0.05) is 37.0 Å². The number of hydrogen-bond donors (Lipinski definition) is 1. The van der Waals surface area contributed by atoms with Gasteiger partial charge >= 0.3 is 0 Å². The summed E-state index contributed by atoms with van der Waals surface area (Å²) in [5.74, 6) is 1.18. The van der Waals surface area contributed by atoms with Gasteiger partial charge in [0.1, 0.15) is 0 Å². The summed E-state index contributed by atoms with van der Waals surface area (Å²) >= 11 is 0. The van der Waals surface area contributed by atoms with Gasteiger partial charge in [0.25, 0.3) is 0 Å². The minimum absolute atomic E-state index is 0.0465. The fourth-order valence-electron chi connectivity index (χ4n) is 5.60. The maximum absolute atomic E-state index is 12.4. The average molecular weight is 487 g/mol. The minimum Gasteiger partial charge on any atom is -0.353 e. The predicted molar refractivity (Wildman–Crippen MR) is 148 cm³/mol. The van der Waals surface area contributed by atoms with Crippen LogP contribution in [0.1, 0.15) is 79.4 Å². The van der Waals surface area contributed by atoms with Crippen LogP contribution in [0, 0.1) is 11.8 Å². The lowest BCUT2D eigenvalue weighted by Crippen LogP contribution is -2.38. The number of fused-ring (bicyclic) bond motifs is 1. The molecule has 192 valence electrons. The molecule has 1 saturated carbocycles. The molecule has 0 spiro atoms. The van der Waals surface area contributed by atoms with Crippen LogP contribution in [0.25, 0.3) is 6.08 Å². The molecule has 1 amide bonds. The van der Waals surface area contributed by atoms with E-state index in [0.717, 1.165) is 62.4 Å². The van der Waals surface area contributed by atoms with Crippen LogP contribution in [-0.2, 0) is 17.6 Å². The molecule has 4 heteroatoms. The third-order valence-corrected chi connectivity index (χ3v) is 7.89. The number of Topliss-reactive ketones (excluding diaryl/α,β-unsaturated/α-hetero) is 1. The maximum atomic E-state index is 12.4. The molecule has 1 aliphatic carbocycles. The molecule has 4 rings (SSSR count). The topological polar surface area (TPSA) is 49.4 Å². The van der Waals surface area contributed by atoms with Crippen molar-refractivity contribution in [3.8, 4) is 0 Å². The van der Waals surface area contributed by atoms with Gasteiger partial charge in [-0.25, -0.2) is 0 Å². The Labute approximate surface area is 217 Å². The van der Waals surface area contributed by atoms with E-state index in [0.29, 0.717) is 12.5 Å². The van der Waals surface area contributed by atoms with Crippen LogP contribution in [-0.4, -0.2) is 42.3 Å². The zero-order valence-corrected chi connectivity index (χ0v) is 22.0. The lowest BCUT2D eigenvalue weighted by atomic mass is 9.84. The summed E-state index contributed by atoms with van der Waals surface area (Å²) < 4.78 is 0. The fourth-order valence-corrected chi connectivity index (χ4v) is 5.60. The van der Waals surface area contributed by atoms with E-state index >= 15 is 0 Å². The first-order chi connectivity index (χ1) is 17.5. The molecule has 0 atom stereocenters. The van der Waals surface area contributed by atoms with Crippen molar-refractivity contribution >= 4 is 17.8 Å². The molecule has 0 unspecified atom stereocenters. The number of hydrogen-bond acceptors (Lipinski definition) is 3. The number of carbonyl (C=O) groups excluding carboxylic acids is 2. The van der Waals surface area contributed by atoms with Crippen molar-refractivity contribution in [1.29, 1.82) is 0 Å². The second-order valence-electron chi connectivity index (χ2n) is 10.9. The van der Waals surface area contributed by atoms with Gasteiger partial charge in [0.05, 0.1) is 0 Å². The first-order valence-corrected chi connectivity index (χ1v) is 13.9. The molecule has 0 aromatic heterocycles. The molecule has 1 aliphatic heterocycles. The molecule has 1 fully saturated rings. The second-order valence-corrected chi connectivity index (χ2v) is 10.9. The summed E-state index contributed by atoms with van der Waals surface area (Å²) in [7, 11) is 0. The second kappa shape index (κ2) is 13.0. The monoisotopic (exact) mass is 486 g/mol. The summed E-state index contributed by atoms with van der Waals surface area (Å²) in [5.41, 5.74) is 4.77. The molecule has 0 bridgehead atoms. The highest BCUT2D eigenvalue weighted by molar-refractivity contribution is 5.97. The quantitative estimate of drug-likeness (QED) is 0.436. The van der Waals surface area contributed by atoms with Gasteiger partial charge in [-0.1, -0.05) is 68.5 Å². The number of ketones is 1. The molecular formula is C32H42N2O2. The van der Waals surface area contributed by atoms with E-state index in [1.54, 1.807) is 0 Å².